The third-order valence-corrected chi connectivity index (χ3v) is 7.56. The first-order chi connectivity index (χ1) is 15.7. The molecule has 5 rings (SSSR count). The molecule has 2 aromatic rings. The molecular formula is C26H32N2O4. The molecule has 6 heteroatoms. The van der Waals surface area contributed by atoms with Gasteiger partial charge in [-0.15, -0.1) is 0 Å². The zero-order valence-electron chi connectivity index (χ0n) is 18.5. The van der Waals surface area contributed by atoms with E-state index < -0.39 is 5.97 Å². The highest BCUT2D eigenvalue weighted by Crippen LogP contribution is 2.38. The SMILES string of the molecule is O=C(O)C1CCC(C2CCN(Cc3ccc([C@H]4COc5cccnc5O4)cc3)CC2)CC1. The second-order valence-corrected chi connectivity index (χ2v) is 9.53. The van der Waals surface area contributed by atoms with Gasteiger partial charge in [0.15, 0.2) is 11.9 Å². The number of hydrogen-bond acceptors (Lipinski definition) is 5. The zero-order chi connectivity index (χ0) is 21.9. The summed E-state index contributed by atoms with van der Waals surface area (Å²) in [6, 6.07) is 12.4. The summed E-state index contributed by atoms with van der Waals surface area (Å²) in [7, 11) is 0. The van der Waals surface area contributed by atoms with Crippen LogP contribution >= 0.6 is 0 Å². The number of hydrogen-bond donors (Lipinski definition) is 1. The largest absolute Gasteiger partial charge is 0.484 e. The number of rotatable bonds is 5. The van der Waals surface area contributed by atoms with Gasteiger partial charge in [0.25, 0.3) is 5.88 Å². The number of carbonyl (C=O) groups is 1. The molecule has 2 fully saturated rings. The molecule has 0 spiro atoms. The molecule has 1 saturated carbocycles. The summed E-state index contributed by atoms with van der Waals surface area (Å²) < 4.78 is 11.8. The number of ether oxygens (including phenoxy) is 2. The van der Waals surface area contributed by atoms with Gasteiger partial charge in [-0.25, -0.2) is 4.98 Å². The lowest BCUT2D eigenvalue weighted by Gasteiger charge is -2.38. The van der Waals surface area contributed by atoms with Crippen molar-refractivity contribution in [3.05, 3.63) is 53.7 Å². The van der Waals surface area contributed by atoms with Crippen LogP contribution in [0, 0.1) is 17.8 Å². The first kappa shape index (κ1) is 21.3. The number of aliphatic carboxylic acids is 1. The molecule has 1 saturated heterocycles. The Labute approximate surface area is 189 Å². The van der Waals surface area contributed by atoms with E-state index in [0.717, 1.165) is 62.7 Å². The highest BCUT2D eigenvalue weighted by atomic mass is 16.6. The minimum absolute atomic E-state index is 0.106. The average molecular weight is 437 g/mol. The van der Waals surface area contributed by atoms with Gasteiger partial charge in [0.05, 0.1) is 5.92 Å². The highest BCUT2D eigenvalue weighted by Gasteiger charge is 2.32. The summed E-state index contributed by atoms with van der Waals surface area (Å²) in [5, 5.41) is 9.22. The Kier molecular flexibility index (Phi) is 6.30. The van der Waals surface area contributed by atoms with Gasteiger partial charge in [-0.1, -0.05) is 24.3 Å². The molecule has 3 aliphatic rings. The van der Waals surface area contributed by atoms with E-state index in [-0.39, 0.29) is 12.0 Å². The van der Waals surface area contributed by atoms with Crippen molar-refractivity contribution in [3.63, 3.8) is 0 Å². The molecule has 32 heavy (non-hydrogen) atoms. The predicted octanol–water partition coefficient (Wildman–Crippen LogP) is 4.70. The molecule has 1 N–H and O–H groups in total. The summed E-state index contributed by atoms with van der Waals surface area (Å²) in [6.45, 7) is 3.74. The summed E-state index contributed by atoms with van der Waals surface area (Å²) in [5.74, 6) is 2.05. The van der Waals surface area contributed by atoms with Gasteiger partial charge >= 0.3 is 5.97 Å². The van der Waals surface area contributed by atoms with Crippen LogP contribution in [-0.2, 0) is 11.3 Å². The van der Waals surface area contributed by atoms with Gasteiger partial charge < -0.3 is 14.6 Å². The van der Waals surface area contributed by atoms with Crippen LogP contribution < -0.4 is 9.47 Å². The molecule has 1 aromatic heterocycles. The highest BCUT2D eigenvalue weighted by molar-refractivity contribution is 5.70. The molecule has 6 nitrogen and oxygen atoms in total. The molecule has 170 valence electrons. The molecule has 1 atom stereocenters. The molecule has 1 aromatic carbocycles. The minimum Gasteiger partial charge on any atom is -0.484 e. The molecule has 3 heterocycles. The number of benzene rings is 1. The van der Waals surface area contributed by atoms with Crippen LogP contribution in [0.1, 0.15) is 55.8 Å². The van der Waals surface area contributed by atoms with Crippen LogP contribution in [0.3, 0.4) is 0 Å². The Morgan fingerprint density at radius 2 is 1.72 bits per heavy atom. The van der Waals surface area contributed by atoms with Crippen molar-refractivity contribution in [3.8, 4) is 11.6 Å². The quantitative estimate of drug-likeness (QED) is 0.733. The van der Waals surface area contributed by atoms with Gasteiger partial charge in [0.2, 0.25) is 0 Å². The number of piperidine rings is 1. The second-order valence-electron chi connectivity index (χ2n) is 9.53. The van der Waals surface area contributed by atoms with E-state index in [0.29, 0.717) is 18.2 Å². The van der Waals surface area contributed by atoms with E-state index in [1.165, 1.54) is 18.4 Å². The lowest BCUT2D eigenvalue weighted by Crippen LogP contribution is -2.37. The molecular weight excluding hydrogens is 404 g/mol. The van der Waals surface area contributed by atoms with Crippen LogP contribution in [0.25, 0.3) is 0 Å². The third kappa shape index (κ3) is 4.75. The number of likely N-dealkylation sites (tertiary alicyclic amines) is 1. The van der Waals surface area contributed by atoms with Crippen molar-refractivity contribution in [2.45, 2.75) is 51.2 Å². The summed E-state index contributed by atoms with van der Waals surface area (Å²) in [4.78, 5) is 18.0. The zero-order valence-corrected chi connectivity index (χ0v) is 18.5. The Hall–Kier alpha value is -2.60. The maximum atomic E-state index is 11.2. The van der Waals surface area contributed by atoms with Crippen LogP contribution in [-0.4, -0.2) is 40.7 Å². The second kappa shape index (κ2) is 9.49. The maximum Gasteiger partial charge on any atom is 0.306 e. The Morgan fingerprint density at radius 1 is 1.00 bits per heavy atom. The lowest BCUT2D eigenvalue weighted by atomic mass is 9.73. The molecule has 2 aliphatic heterocycles. The normalized spacial score (nSPS) is 26.6. The fourth-order valence-electron chi connectivity index (χ4n) is 5.59. The smallest absolute Gasteiger partial charge is 0.306 e. The van der Waals surface area contributed by atoms with Crippen molar-refractivity contribution in [2.24, 2.45) is 17.8 Å². The van der Waals surface area contributed by atoms with Gasteiger partial charge in [-0.2, -0.15) is 0 Å². The number of fused-ring (bicyclic) bond motifs is 1. The van der Waals surface area contributed by atoms with Crippen molar-refractivity contribution in [1.29, 1.82) is 0 Å². The van der Waals surface area contributed by atoms with Crippen LogP contribution in [0.5, 0.6) is 11.6 Å². The van der Waals surface area contributed by atoms with Crippen LogP contribution in [0.15, 0.2) is 42.6 Å². The van der Waals surface area contributed by atoms with Crippen LogP contribution in [0.4, 0.5) is 0 Å². The van der Waals surface area contributed by atoms with E-state index in [1.54, 1.807) is 6.20 Å². The van der Waals surface area contributed by atoms with Crippen molar-refractivity contribution in [1.82, 2.24) is 9.88 Å². The standard InChI is InChI=1S/C26H32N2O4/c29-26(30)22-9-7-19(8-10-22)20-11-14-28(15-12-20)16-18-3-5-21(6-4-18)24-17-31-23-2-1-13-27-25(23)32-24/h1-6,13,19-20,22,24H,7-12,14-17H2,(H,29,30)/t19?,22?,24-/m1/s1. The third-order valence-electron chi connectivity index (χ3n) is 7.56. The van der Waals surface area contributed by atoms with E-state index in [4.69, 9.17) is 9.47 Å². The summed E-state index contributed by atoms with van der Waals surface area (Å²) >= 11 is 0. The van der Waals surface area contributed by atoms with Gasteiger partial charge in [0.1, 0.15) is 6.61 Å². The van der Waals surface area contributed by atoms with E-state index >= 15 is 0 Å². The first-order valence-electron chi connectivity index (χ1n) is 11.9. The van der Waals surface area contributed by atoms with Gasteiger partial charge in [0, 0.05) is 12.7 Å². The molecule has 0 amide bonds. The molecule has 0 radical (unpaired) electrons. The Morgan fingerprint density at radius 3 is 2.44 bits per heavy atom. The Balaban J connectivity index is 1.10. The van der Waals surface area contributed by atoms with E-state index in [1.807, 2.05) is 12.1 Å². The predicted molar refractivity (Wildman–Crippen MR) is 121 cm³/mol. The van der Waals surface area contributed by atoms with E-state index in [9.17, 15) is 9.90 Å². The van der Waals surface area contributed by atoms with Crippen LogP contribution in [0.2, 0.25) is 0 Å². The summed E-state index contributed by atoms with van der Waals surface area (Å²) in [6.07, 6.45) is 7.98. The van der Waals surface area contributed by atoms with Crippen molar-refractivity contribution >= 4 is 5.97 Å². The monoisotopic (exact) mass is 436 g/mol. The number of pyridine rings is 1. The molecule has 0 unspecified atom stereocenters. The molecule has 1 aliphatic carbocycles. The fourth-order valence-corrected chi connectivity index (χ4v) is 5.59. The summed E-state index contributed by atoms with van der Waals surface area (Å²) in [5.41, 5.74) is 2.44. The van der Waals surface area contributed by atoms with Gasteiger partial charge in [-0.3, -0.25) is 9.69 Å². The van der Waals surface area contributed by atoms with Crippen molar-refractivity contribution < 1.29 is 19.4 Å². The number of aromatic nitrogens is 1. The number of carboxylic acid groups (broad SMARTS) is 1. The first-order valence-corrected chi connectivity index (χ1v) is 11.9. The Bertz CT molecular complexity index is 916. The van der Waals surface area contributed by atoms with Gasteiger partial charge in [-0.05, 0) is 86.7 Å². The minimum atomic E-state index is -0.603. The number of nitrogens with zero attached hydrogens (tertiary/aromatic N) is 2. The molecule has 0 bridgehead atoms. The number of carboxylic acids is 1. The van der Waals surface area contributed by atoms with E-state index in [2.05, 4.69) is 34.1 Å². The average Bonchev–Trinajstić information content (AvgIpc) is 2.85. The topological polar surface area (TPSA) is 71.9 Å². The maximum absolute atomic E-state index is 11.2. The lowest BCUT2D eigenvalue weighted by molar-refractivity contribution is -0.143. The van der Waals surface area contributed by atoms with Crippen molar-refractivity contribution in [2.75, 3.05) is 19.7 Å². The fraction of sp³-hybridized carbons (Fsp3) is 0.538.